The molecule has 0 radical (unpaired) electrons. The number of anilines is 1. The van der Waals surface area contributed by atoms with Crippen molar-refractivity contribution in [2.45, 2.75) is 23.9 Å². The number of benzene rings is 2. The summed E-state index contributed by atoms with van der Waals surface area (Å²) < 4.78 is 29.1. The van der Waals surface area contributed by atoms with Gasteiger partial charge in [0.1, 0.15) is 0 Å². The lowest BCUT2D eigenvalue weighted by molar-refractivity contribution is 0.0786. The van der Waals surface area contributed by atoms with Gasteiger partial charge in [-0.05, 0) is 36.8 Å². The zero-order valence-electron chi connectivity index (χ0n) is 17.1. The minimum absolute atomic E-state index is 0.0212. The minimum Gasteiger partial charge on any atom is -0.336 e. The second kappa shape index (κ2) is 8.48. The molecule has 31 heavy (non-hydrogen) atoms. The molecule has 0 spiro atoms. The summed E-state index contributed by atoms with van der Waals surface area (Å²) in [6, 6.07) is 15.0. The van der Waals surface area contributed by atoms with E-state index in [1.54, 1.807) is 52.2 Å². The Morgan fingerprint density at radius 3 is 2.68 bits per heavy atom. The molecule has 162 valence electrons. The maximum atomic E-state index is 13.1. The molecule has 3 aromatic rings. The van der Waals surface area contributed by atoms with Gasteiger partial charge in [0.15, 0.2) is 0 Å². The molecule has 1 aliphatic rings. The third kappa shape index (κ3) is 4.17. The Bertz CT molecular complexity index is 1180. The summed E-state index contributed by atoms with van der Waals surface area (Å²) in [5.74, 6) is -0.207. The van der Waals surface area contributed by atoms with Gasteiger partial charge in [-0.15, -0.1) is 5.10 Å². The van der Waals surface area contributed by atoms with Gasteiger partial charge in [-0.1, -0.05) is 29.5 Å². The van der Waals surface area contributed by atoms with Gasteiger partial charge in [-0.2, -0.15) is 0 Å². The zero-order chi connectivity index (χ0) is 22.0. The predicted octanol–water partition coefficient (Wildman–Crippen LogP) is 1.65. The number of carbonyl (C=O) groups excluding carboxylic acids is 1. The number of para-hydroxylation sites is 1. The fourth-order valence-corrected chi connectivity index (χ4v) is 4.88. The first-order valence-electron chi connectivity index (χ1n) is 9.94. The molecule has 1 aromatic heterocycles. The van der Waals surface area contributed by atoms with E-state index in [0.717, 1.165) is 6.42 Å². The molecular formula is C21H24N6O3S. The van der Waals surface area contributed by atoms with Crippen molar-refractivity contribution in [2.75, 3.05) is 24.4 Å². The van der Waals surface area contributed by atoms with Crippen molar-refractivity contribution in [2.24, 2.45) is 5.73 Å². The van der Waals surface area contributed by atoms with Gasteiger partial charge in [0.05, 0.1) is 28.5 Å². The second-order valence-electron chi connectivity index (χ2n) is 7.42. The van der Waals surface area contributed by atoms with Crippen LogP contribution in [0.1, 0.15) is 28.5 Å². The van der Waals surface area contributed by atoms with Gasteiger partial charge in [0.2, 0.25) is 0 Å². The van der Waals surface area contributed by atoms with Crippen LogP contribution in [0.15, 0.2) is 65.7 Å². The van der Waals surface area contributed by atoms with E-state index in [1.807, 2.05) is 6.07 Å². The largest absolute Gasteiger partial charge is 0.336 e. The van der Waals surface area contributed by atoms with Crippen LogP contribution in [0.2, 0.25) is 0 Å². The third-order valence-corrected chi connectivity index (χ3v) is 7.23. The van der Waals surface area contributed by atoms with Crippen molar-refractivity contribution in [1.82, 2.24) is 19.9 Å². The average Bonchev–Trinajstić information content (AvgIpc) is 3.48. The number of nitrogens with two attached hydrogens (primary N) is 1. The molecule has 1 unspecified atom stereocenters. The van der Waals surface area contributed by atoms with Gasteiger partial charge >= 0.3 is 0 Å². The number of sulfonamides is 1. The number of hydrogen-bond acceptors (Lipinski definition) is 6. The molecule has 2 aromatic carbocycles. The molecular weight excluding hydrogens is 416 g/mol. The van der Waals surface area contributed by atoms with E-state index in [0.29, 0.717) is 36.6 Å². The van der Waals surface area contributed by atoms with Crippen LogP contribution in [0.4, 0.5) is 5.69 Å². The average molecular weight is 441 g/mol. The molecule has 1 aliphatic heterocycles. The lowest BCUT2D eigenvalue weighted by Crippen LogP contribution is -2.30. The fraction of sp³-hybridized carbons (Fsp3) is 0.286. The number of aromatic nitrogens is 3. The van der Waals surface area contributed by atoms with E-state index in [2.05, 4.69) is 10.3 Å². The first-order valence-corrected chi connectivity index (χ1v) is 11.4. The van der Waals surface area contributed by atoms with Crippen molar-refractivity contribution in [3.8, 4) is 0 Å². The van der Waals surface area contributed by atoms with Crippen LogP contribution in [0, 0.1) is 0 Å². The van der Waals surface area contributed by atoms with E-state index in [1.165, 1.54) is 23.5 Å². The Labute approximate surface area is 181 Å². The van der Waals surface area contributed by atoms with Crippen molar-refractivity contribution >= 4 is 21.6 Å². The van der Waals surface area contributed by atoms with Crippen LogP contribution in [0.3, 0.4) is 0 Å². The van der Waals surface area contributed by atoms with Crippen molar-refractivity contribution in [1.29, 1.82) is 0 Å². The minimum atomic E-state index is -3.80. The number of rotatable bonds is 6. The molecule has 1 amide bonds. The van der Waals surface area contributed by atoms with Gasteiger partial charge in [0.25, 0.3) is 15.9 Å². The molecule has 0 bridgehead atoms. The first-order chi connectivity index (χ1) is 14.9. The van der Waals surface area contributed by atoms with E-state index in [4.69, 9.17) is 5.73 Å². The Kier molecular flexibility index (Phi) is 5.75. The highest BCUT2D eigenvalue weighted by atomic mass is 32.2. The standard InChI is InChI=1S/C21H24N6O3S/c1-25(18-7-3-2-4-8-18)31(29,30)20-9-5-6-16(12-20)21(28)26-11-10-19(15-26)27-14-17(13-22)23-24-27/h2-9,12,14,19H,10-11,13,15,22H2,1H3. The quantitative estimate of drug-likeness (QED) is 0.623. The molecule has 0 aliphatic carbocycles. The predicted molar refractivity (Wildman–Crippen MR) is 116 cm³/mol. The summed E-state index contributed by atoms with van der Waals surface area (Å²) in [5.41, 5.74) is 7.17. The Morgan fingerprint density at radius 1 is 1.19 bits per heavy atom. The van der Waals surface area contributed by atoms with Gasteiger partial charge in [-0.25, -0.2) is 13.1 Å². The molecule has 1 fully saturated rings. The summed E-state index contributed by atoms with van der Waals surface area (Å²) >= 11 is 0. The molecule has 1 atom stereocenters. The maximum Gasteiger partial charge on any atom is 0.264 e. The number of carbonyl (C=O) groups is 1. The first kappa shape index (κ1) is 21.0. The van der Waals surface area contributed by atoms with Crippen LogP contribution in [-0.4, -0.2) is 54.4 Å². The zero-order valence-corrected chi connectivity index (χ0v) is 17.9. The normalized spacial score (nSPS) is 16.5. The highest BCUT2D eigenvalue weighted by Crippen LogP contribution is 2.25. The summed E-state index contributed by atoms with van der Waals surface area (Å²) in [7, 11) is -2.30. The monoisotopic (exact) mass is 440 g/mol. The number of likely N-dealkylation sites (tertiary alicyclic amines) is 1. The maximum absolute atomic E-state index is 13.1. The lowest BCUT2D eigenvalue weighted by Gasteiger charge is -2.20. The highest BCUT2D eigenvalue weighted by molar-refractivity contribution is 7.92. The third-order valence-electron chi connectivity index (χ3n) is 5.45. The van der Waals surface area contributed by atoms with E-state index in [9.17, 15) is 13.2 Å². The van der Waals surface area contributed by atoms with Crippen molar-refractivity contribution in [3.63, 3.8) is 0 Å². The topological polar surface area (TPSA) is 114 Å². The van der Waals surface area contributed by atoms with Crippen molar-refractivity contribution < 1.29 is 13.2 Å². The summed E-state index contributed by atoms with van der Waals surface area (Å²) in [5, 5.41) is 8.09. The Balaban J connectivity index is 1.52. The number of hydrogen-bond donors (Lipinski definition) is 1. The molecule has 2 heterocycles. The van der Waals surface area contributed by atoms with Gasteiger partial charge < -0.3 is 10.6 Å². The summed E-state index contributed by atoms with van der Waals surface area (Å²) in [6.45, 7) is 1.35. The molecule has 0 saturated carbocycles. The molecule has 2 N–H and O–H groups in total. The molecule has 1 saturated heterocycles. The summed E-state index contributed by atoms with van der Waals surface area (Å²) in [6.07, 6.45) is 2.54. The number of nitrogens with zero attached hydrogens (tertiary/aromatic N) is 5. The lowest BCUT2D eigenvalue weighted by atomic mass is 10.2. The smallest absolute Gasteiger partial charge is 0.264 e. The van der Waals surface area contributed by atoms with Crippen molar-refractivity contribution in [3.05, 3.63) is 72.1 Å². The van der Waals surface area contributed by atoms with Crippen LogP contribution in [0.5, 0.6) is 0 Å². The molecule has 10 heteroatoms. The van der Waals surface area contributed by atoms with E-state index < -0.39 is 10.0 Å². The highest BCUT2D eigenvalue weighted by Gasteiger charge is 2.30. The molecule has 4 rings (SSSR count). The van der Waals surface area contributed by atoms with Crippen LogP contribution < -0.4 is 10.0 Å². The summed E-state index contributed by atoms with van der Waals surface area (Å²) in [4.78, 5) is 14.8. The van der Waals surface area contributed by atoms with Gasteiger partial charge in [0, 0.05) is 32.2 Å². The van der Waals surface area contributed by atoms with Crippen LogP contribution in [-0.2, 0) is 16.6 Å². The fourth-order valence-electron chi connectivity index (χ4n) is 3.63. The number of amides is 1. The second-order valence-corrected chi connectivity index (χ2v) is 9.39. The Hall–Kier alpha value is -3.24. The van der Waals surface area contributed by atoms with Crippen LogP contribution >= 0.6 is 0 Å². The SMILES string of the molecule is CN(c1ccccc1)S(=O)(=O)c1cccc(C(=O)N2CCC(n3cc(CN)nn3)C2)c1. The Morgan fingerprint density at radius 2 is 1.97 bits per heavy atom. The van der Waals surface area contributed by atoms with Crippen LogP contribution in [0.25, 0.3) is 0 Å². The van der Waals surface area contributed by atoms with Gasteiger partial charge in [-0.3, -0.25) is 9.10 Å². The van der Waals surface area contributed by atoms with E-state index in [-0.39, 0.29) is 16.8 Å². The van der Waals surface area contributed by atoms with E-state index >= 15 is 0 Å². The molecule has 9 nitrogen and oxygen atoms in total.